The van der Waals surface area contributed by atoms with Crippen LogP contribution in [0.4, 0.5) is 5.69 Å². The van der Waals surface area contributed by atoms with Crippen molar-refractivity contribution in [2.45, 2.75) is 6.92 Å². The number of aromatic nitrogens is 2. The molecule has 5 heteroatoms. The van der Waals surface area contributed by atoms with Crippen molar-refractivity contribution in [3.63, 3.8) is 0 Å². The monoisotopic (exact) mass is 319 g/mol. The Hall–Kier alpha value is -3.21. The molecular formula is C19H17N3O2. The minimum atomic E-state index is -0.255. The van der Waals surface area contributed by atoms with Crippen LogP contribution in [0.3, 0.4) is 0 Å². The second-order valence-electron chi connectivity index (χ2n) is 5.26. The second kappa shape index (κ2) is 7.37. The number of nitrogens with zero attached hydrogens (tertiary/aromatic N) is 2. The van der Waals surface area contributed by atoms with Crippen LogP contribution < -0.4 is 10.1 Å². The lowest BCUT2D eigenvalue weighted by molar-refractivity contribution is -0.118. The van der Waals surface area contributed by atoms with Gasteiger partial charge in [-0.3, -0.25) is 4.79 Å². The highest BCUT2D eigenvalue weighted by Crippen LogP contribution is 2.17. The van der Waals surface area contributed by atoms with E-state index in [0.717, 1.165) is 11.1 Å². The number of hydrogen-bond acceptors (Lipinski definition) is 4. The molecule has 3 aromatic rings. The number of anilines is 1. The number of para-hydroxylation sites is 1. The van der Waals surface area contributed by atoms with Crippen molar-refractivity contribution >= 4 is 11.6 Å². The maximum Gasteiger partial charge on any atom is 0.262 e. The fourth-order valence-corrected chi connectivity index (χ4v) is 2.19. The lowest BCUT2D eigenvalue weighted by Crippen LogP contribution is -2.20. The standard InChI is InChI=1S/C19H17N3O2/c1-14-7-5-6-10-17(14)24-13-18(23)22-16-11-20-19(21-12-16)15-8-3-2-4-9-15/h2-12H,13H2,1H3,(H,22,23). The number of ether oxygens (including phenoxy) is 1. The molecule has 0 spiro atoms. The highest BCUT2D eigenvalue weighted by atomic mass is 16.5. The first-order chi connectivity index (χ1) is 11.7. The molecule has 5 nitrogen and oxygen atoms in total. The molecule has 0 aliphatic rings. The van der Waals surface area contributed by atoms with Crippen LogP contribution in [0.5, 0.6) is 5.75 Å². The molecule has 2 aromatic carbocycles. The SMILES string of the molecule is Cc1ccccc1OCC(=O)Nc1cnc(-c2ccccc2)nc1. The molecule has 1 aromatic heterocycles. The minimum absolute atomic E-state index is 0.0642. The van der Waals surface area contributed by atoms with Crippen LogP contribution in [0.15, 0.2) is 67.0 Å². The van der Waals surface area contributed by atoms with Crippen LogP contribution in [-0.4, -0.2) is 22.5 Å². The lowest BCUT2D eigenvalue weighted by Gasteiger charge is -2.09. The van der Waals surface area contributed by atoms with E-state index in [1.165, 1.54) is 0 Å². The third kappa shape index (κ3) is 3.95. The van der Waals surface area contributed by atoms with E-state index in [0.29, 0.717) is 17.3 Å². The van der Waals surface area contributed by atoms with Crippen molar-refractivity contribution < 1.29 is 9.53 Å². The summed E-state index contributed by atoms with van der Waals surface area (Å²) in [6.45, 7) is 1.87. The quantitative estimate of drug-likeness (QED) is 0.782. The first-order valence-corrected chi connectivity index (χ1v) is 7.58. The molecule has 0 saturated carbocycles. The average molecular weight is 319 g/mol. The number of carbonyl (C=O) groups excluding carboxylic acids is 1. The summed E-state index contributed by atoms with van der Waals surface area (Å²) in [5.41, 5.74) is 2.45. The molecule has 1 N–H and O–H groups in total. The Bertz CT molecular complexity index is 818. The Labute approximate surface area is 140 Å². The molecule has 0 bridgehead atoms. The molecule has 0 radical (unpaired) electrons. The first-order valence-electron chi connectivity index (χ1n) is 7.58. The zero-order valence-corrected chi connectivity index (χ0v) is 13.3. The summed E-state index contributed by atoms with van der Waals surface area (Å²) < 4.78 is 5.51. The van der Waals surface area contributed by atoms with Crippen LogP contribution >= 0.6 is 0 Å². The zero-order valence-electron chi connectivity index (χ0n) is 13.3. The van der Waals surface area contributed by atoms with Crippen LogP contribution in [0.2, 0.25) is 0 Å². The molecule has 24 heavy (non-hydrogen) atoms. The maximum absolute atomic E-state index is 12.0. The number of hydrogen-bond donors (Lipinski definition) is 1. The summed E-state index contributed by atoms with van der Waals surface area (Å²) in [7, 11) is 0. The van der Waals surface area contributed by atoms with Gasteiger partial charge >= 0.3 is 0 Å². The van der Waals surface area contributed by atoms with Gasteiger partial charge in [0.1, 0.15) is 5.75 Å². The number of aryl methyl sites for hydroxylation is 1. The largest absolute Gasteiger partial charge is 0.483 e. The summed E-state index contributed by atoms with van der Waals surface area (Å²) in [6, 6.07) is 17.2. The van der Waals surface area contributed by atoms with Gasteiger partial charge in [0.2, 0.25) is 0 Å². The van der Waals surface area contributed by atoms with E-state index in [9.17, 15) is 4.79 Å². The zero-order chi connectivity index (χ0) is 16.8. The Morgan fingerprint density at radius 2 is 1.67 bits per heavy atom. The molecule has 120 valence electrons. The van der Waals surface area contributed by atoms with Gasteiger partial charge in [-0.15, -0.1) is 0 Å². The van der Waals surface area contributed by atoms with Gasteiger partial charge in [0.05, 0.1) is 18.1 Å². The summed E-state index contributed by atoms with van der Waals surface area (Å²) in [5, 5.41) is 2.72. The minimum Gasteiger partial charge on any atom is -0.483 e. The predicted molar refractivity (Wildman–Crippen MR) is 92.8 cm³/mol. The fraction of sp³-hybridized carbons (Fsp3) is 0.105. The van der Waals surface area contributed by atoms with Crippen LogP contribution in [0.1, 0.15) is 5.56 Å². The molecule has 3 rings (SSSR count). The first kappa shape index (κ1) is 15.7. The molecule has 0 saturated heterocycles. The summed E-state index contributed by atoms with van der Waals surface area (Å²) in [4.78, 5) is 20.5. The normalized spacial score (nSPS) is 10.2. The molecule has 1 amide bonds. The van der Waals surface area contributed by atoms with Crippen molar-refractivity contribution in [1.82, 2.24) is 9.97 Å². The van der Waals surface area contributed by atoms with E-state index >= 15 is 0 Å². The number of benzene rings is 2. The number of rotatable bonds is 5. The van der Waals surface area contributed by atoms with Gasteiger partial charge in [-0.25, -0.2) is 9.97 Å². The smallest absolute Gasteiger partial charge is 0.262 e. The van der Waals surface area contributed by atoms with Crippen molar-refractivity contribution in [2.24, 2.45) is 0 Å². The molecule has 1 heterocycles. The molecular weight excluding hydrogens is 302 g/mol. The summed E-state index contributed by atoms with van der Waals surface area (Å²) >= 11 is 0. The van der Waals surface area contributed by atoms with E-state index < -0.39 is 0 Å². The van der Waals surface area contributed by atoms with E-state index in [1.807, 2.05) is 61.5 Å². The van der Waals surface area contributed by atoms with Gasteiger partial charge < -0.3 is 10.1 Å². The molecule has 0 aliphatic carbocycles. The topological polar surface area (TPSA) is 64.1 Å². The van der Waals surface area contributed by atoms with Crippen molar-refractivity contribution in [1.29, 1.82) is 0 Å². The van der Waals surface area contributed by atoms with Gasteiger partial charge in [-0.2, -0.15) is 0 Å². The third-order valence-corrected chi connectivity index (χ3v) is 3.42. The van der Waals surface area contributed by atoms with Crippen molar-refractivity contribution in [2.75, 3.05) is 11.9 Å². The fourth-order valence-electron chi connectivity index (χ4n) is 2.19. The Balaban J connectivity index is 1.58. The van der Waals surface area contributed by atoms with Gasteiger partial charge in [0, 0.05) is 5.56 Å². The lowest BCUT2D eigenvalue weighted by atomic mass is 10.2. The molecule has 0 fully saturated rings. The Morgan fingerprint density at radius 1 is 1.00 bits per heavy atom. The highest BCUT2D eigenvalue weighted by Gasteiger charge is 2.06. The Morgan fingerprint density at radius 3 is 2.38 bits per heavy atom. The maximum atomic E-state index is 12.0. The van der Waals surface area contributed by atoms with Gasteiger partial charge in [0.25, 0.3) is 5.91 Å². The molecule has 0 aliphatic heterocycles. The summed E-state index contributed by atoms with van der Waals surface area (Å²) in [6.07, 6.45) is 3.17. The van der Waals surface area contributed by atoms with Gasteiger partial charge in [-0.1, -0.05) is 48.5 Å². The number of carbonyl (C=O) groups is 1. The third-order valence-electron chi connectivity index (χ3n) is 3.42. The average Bonchev–Trinajstić information content (AvgIpc) is 2.62. The van der Waals surface area contributed by atoms with E-state index in [4.69, 9.17) is 4.74 Å². The van der Waals surface area contributed by atoms with E-state index in [2.05, 4.69) is 15.3 Å². The highest BCUT2D eigenvalue weighted by molar-refractivity contribution is 5.91. The van der Waals surface area contributed by atoms with Gasteiger partial charge in [-0.05, 0) is 18.6 Å². The second-order valence-corrected chi connectivity index (χ2v) is 5.26. The number of nitrogens with one attached hydrogen (secondary N) is 1. The van der Waals surface area contributed by atoms with Crippen LogP contribution in [0.25, 0.3) is 11.4 Å². The van der Waals surface area contributed by atoms with Crippen LogP contribution in [0, 0.1) is 6.92 Å². The van der Waals surface area contributed by atoms with Gasteiger partial charge in [0.15, 0.2) is 12.4 Å². The molecule has 0 atom stereocenters. The van der Waals surface area contributed by atoms with E-state index in [-0.39, 0.29) is 12.5 Å². The number of amides is 1. The molecule has 0 unspecified atom stereocenters. The van der Waals surface area contributed by atoms with Crippen LogP contribution in [-0.2, 0) is 4.79 Å². The van der Waals surface area contributed by atoms with Crippen molar-refractivity contribution in [3.8, 4) is 17.1 Å². The predicted octanol–water partition coefficient (Wildman–Crippen LogP) is 3.47. The summed E-state index contributed by atoms with van der Waals surface area (Å²) in [5.74, 6) is 1.06. The Kier molecular flexibility index (Phi) is 4.81. The van der Waals surface area contributed by atoms with Crippen molar-refractivity contribution in [3.05, 3.63) is 72.6 Å². The van der Waals surface area contributed by atoms with E-state index in [1.54, 1.807) is 12.4 Å².